The smallest absolute Gasteiger partial charge is 0.325 e. The lowest BCUT2D eigenvalue weighted by Crippen LogP contribution is -2.38. The highest BCUT2D eigenvalue weighted by molar-refractivity contribution is 6.01. The highest BCUT2D eigenvalue weighted by Crippen LogP contribution is 2.29. The lowest BCUT2D eigenvalue weighted by atomic mass is 10.1. The minimum atomic E-state index is -0.376. The number of ether oxygens (including phenoxy) is 1. The Morgan fingerprint density at radius 1 is 1.40 bits per heavy atom. The second-order valence-corrected chi connectivity index (χ2v) is 5.01. The third kappa shape index (κ3) is 3.10. The maximum atomic E-state index is 12.6. The monoisotopic (exact) mass is 276 g/mol. The molecule has 0 unspecified atom stereocenters. The molecule has 0 saturated heterocycles. The molecule has 108 valence electrons. The van der Waals surface area contributed by atoms with Gasteiger partial charge in [0.15, 0.2) is 0 Å². The van der Waals surface area contributed by atoms with Crippen LogP contribution in [-0.2, 0) is 9.53 Å². The van der Waals surface area contributed by atoms with Crippen LogP contribution in [0, 0.1) is 6.92 Å². The van der Waals surface area contributed by atoms with E-state index < -0.39 is 0 Å². The second-order valence-electron chi connectivity index (χ2n) is 5.01. The van der Waals surface area contributed by atoms with Gasteiger partial charge in [0.25, 0.3) is 5.91 Å². The van der Waals surface area contributed by atoms with Crippen molar-refractivity contribution in [3.8, 4) is 0 Å². The highest BCUT2D eigenvalue weighted by Gasteiger charge is 2.35. The molecule has 0 atom stereocenters. The molecule has 1 aliphatic rings. The van der Waals surface area contributed by atoms with Gasteiger partial charge in [-0.25, -0.2) is 0 Å². The number of hydrogen-bond donors (Lipinski definition) is 1. The number of nitrogens with two attached hydrogens (primary N) is 1. The molecule has 1 aromatic carbocycles. The van der Waals surface area contributed by atoms with Gasteiger partial charge in [0.2, 0.25) is 0 Å². The number of amides is 1. The second kappa shape index (κ2) is 5.94. The van der Waals surface area contributed by atoms with Gasteiger partial charge in [0.05, 0.1) is 12.2 Å². The van der Waals surface area contributed by atoms with Crippen molar-refractivity contribution in [1.29, 1.82) is 0 Å². The zero-order chi connectivity index (χ0) is 14.7. The average Bonchev–Trinajstić information content (AvgIpc) is 3.23. The maximum absolute atomic E-state index is 12.6. The van der Waals surface area contributed by atoms with E-state index in [0.717, 1.165) is 18.4 Å². The number of carbonyl (C=O) groups is 2. The molecule has 1 aliphatic carbocycles. The van der Waals surface area contributed by atoms with Crippen molar-refractivity contribution in [1.82, 2.24) is 4.90 Å². The quantitative estimate of drug-likeness (QED) is 0.657. The summed E-state index contributed by atoms with van der Waals surface area (Å²) in [5.41, 5.74) is 7.77. The molecule has 5 heteroatoms. The first-order chi connectivity index (χ1) is 9.54. The van der Waals surface area contributed by atoms with E-state index in [1.165, 1.54) is 0 Å². The van der Waals surface area contributed by atoms with Crippen LogP contribution in [0.5, 0.6) is 0 Å². The van der Waals surface area contributed by atoms with Crippen LogP contribution >= 0.6 is 0 Å². The minimum Gasteiger partial charge on any atom is -0.465 e. The predicted octanol–water partition coefficient (Wildman–Crippen LogP) is 1.74. The van der Waals surface area contributed by atoms with Crippen molar-refractivity contribution in [3.05, 3.63) is 29.3 Å². The van der Waals surface area contributed by atoms with E-state index >= 15 is 0 Å². The average molecular weight is 276 g/mol. The molecule has 1 aromatic rings. The van der Waals surface area contributed by atoms with Crippen molar-refractivity contribution in [2.24, 2.45) is 0 Å². The first kappa shape index (κ1) is 14.4. The Balaban J connectivity index is 2.19. The van der Waals surface area contributed by atoms with E-state index in [1.54, 1.807) is 24.0 Å². The number of esters is 1. The number of hydrogen-bond acceptors (Lipinski definition) is 4. The molecule has 0 radical (unpaired) electrons. The van der Waals surface area contributed by atoms with Gasteiger partial charge >= 0.3 is 5.97 Å². The molecular weight excluding hydrogens is 256 g/mol. The fraction of sp³-hybridized carbons (Fsp3) is 0.467. The normalized spacial score (nSPS) is 13.9. The fourth-order valence-electron chi connectivity index (χ4n) is 2.12. The summed E-state index contributed by atoms with van der Waals surface area (Å²) in [6.07, 6.45) is 1.85. The zero-order valence-electron chi connectivity index (χ0n) is 11.9. The summed E-state index contributed by atoms with van der Waals surface area (Å²) in [5.74, 6) is -0.569. The molecular formula is C15H20N2O3. The number of nitrogens with zero attached hydrogens (tertiary/aromatic N) is 1. The lowest BCUT2D eigenvalue weighted by Gasteiger charge is -2.22. The fourth-order valence-corrected chi connectivity index (χ4v) is 2.12. The van der Waals surface area contributed by atoms with Crippen LogP contribution in [0.1, 0.15) is 35.7 Å². The van der Waals surface area contributed by atoms with E-state index in [2.05, 4.69) is 0 Å². The van der Waals surface area contributed by atoms with Gasteiger partial charge in [-0.1, -0.05) is 12.1 Å². The lowest BCUT2D eigenvalue weighted by molar-refractivity contribution is -0.144. The molecule has 1 amide bonds. The van der Waals surface area contributed by atoms with Gasteiger partial charge in [-0.05, 0) is 38.3 Å². The van der Waals surface area contributed by atoms with Gasteiger partial charge in [-0.2, -0.15) is 0 Å². The third-order valence-corrected chi connectivity index (χ3v) is 3.41. The predicted molar refractivity (Wildman–Crippen MR) is 76.3 cm³/mol. The summed E-state index contributed by atoms with van der Waals surface area (Å²) in [6, 6.07) is 5.49. The van der Waals surface area contributed by atoms with Crippen LogP contribution in [0.3, 0.4) is 0 Å². The van der Waals surface area contributed by atoms with Crippen molar-refractivity contribution < 1.29 is 14.3 Å². The summed E-state index contributed by atoms with van der Waals surface area (Å²) in [6.45, 7) is 3.92. The van der Waals surface area contributed by atoms with E-state index in [1.807, 2.05) is 13.0 Å². The van der Waals surface area contributed by atoms with Crippen LogP contribution in [0.2, 0.25) is 0 Å². The standard InChI is InChI=1S/C15H20N2O3/c1-3-20-13(18)9-17(11-7-8-11)15(19)12-6-4-5-10(2)14(12)16/h4-6,11H,3,7-9,16H2,1-2H3. The van der Waals surface area contributed by atoms with Crippen molar-refractivity contribution in [2.75, 3.05) is 18.9 Å². The van der Waals surface area contributed by atoms with E-state index in [0.29, 0.717) is 17.9 Å². The Bertz CT molecular complexity index is 524. The number of aryl methyl sites for hydroxylation is 1. The first-order valence-electron chi connectivity index (χ1n) is 6.86. The molecule has 5 nitrogen and oxygen atoms in total. The van der Waals surface area contributed by atoms with Crippen LogP contribution in [0.4, 0.5) is 5.69 Å². The molecule has 0 bridgehead atoms. The van der Waals surface area contributed by atoms with Gasteiger partial charge in [0, 0.05) is 11.7 Å². The number of para-hydroxylation sites is 1. The maximum Gasteiger partial charge on any atom is 0.325 e. The van der Waals surface area contributed by atoms with Crippen molar-refractivity contribution >= 4 is 17.6 Å². The summed E-state index contributed by atoms with van der Waals surface area (Å²) >= 11 is 0. The largest absolute Gasteiger partial charge is 0.465 e. The zero-order valence-corrected chi connectivity index (χ0v) is 11.9. The summed E-state index contributed by atoms with van der Waals surface area (Å²) in [5, 5.41) is 0. The van der Waals surface area contributed by atoms with E-state index in [4.69, 9.17) is 10.5 Å². The highest BCUT2D eigenvalue weighted by atomic mass is 16.5. The Labute approximate surface area is 118 Å². The molecule has 1 fully saturated rings. The van der Waals surface area contributed by atoms with Gasteiger partial charge in [-0.15, -0.1) is 0 Å². The molecule has 0 heterocycles. The van der Waals surface area contributed by atoms with Gasteiger partial charge < -0.3 is 15.4 Å². The van der Waals surface area contributed by atoms with Gasteiger partial charge in [-0.3, -0.25) is 9.59 Å². The molecule has 1 saturated carbocycles. The number of anilines is 1. The van der Waals surface area contributed by atoms with E-state index in [9.17, 15) is 9.59 Å². The number of carbonyl (C=O) groups excluding carboxylic acids is 2. The van der Waals surface area contributed by atoms with Crippen molar-refractivity contribution in [2.45, 2.75) is 32.7 Å². The number of benzene rings is 1. The summed E-state index contributed by atoms with van der Waals surface area (Å²) in [7, 11) is 0. The Kier molecular flexibility index (Phi) is 4.27. The Hall–Kier alpha value is -2.04. The molecule has 0 aromatic heterocycles. The topological polar surface area (TPSA) is 72.6 Å². The molecule has 0 aliphatic heterocycles. The SMILES string of the molecule is CCOC(=O)CN(C(=O)c1cccc(C)c1N)C1CC1. The third-order valence-electron chi connectivity index (χ3n) is 3.41. The number of nitrogen functional groups attached to an aromatic ring is 1. The molecule has 2 N–H and O–H groups in total. The first-order valence-corrected chi connectivity index (χ1v) is 6.86. The molecule has 0 spiro atoms. The number of rotatable bonds is 5. The molecule has 2 rings (SSSR count). The van der Waals surface area contributed by atoms with Crippen LogP contribution in [0.15, 0.2) is 18.2 Å². The molecule has 20 heavy (non-hydrogen) atoms. The van der Waals surface area contributed by atoms with Crippen LogP contribution in [-0.4, -0.2) is 36.0 Å². The van der Waals surface area contributed by atoms with Crippen molar-refractivity contribution in [3.63, 3.8) is 0 Å². The van der Waals surface area contributed by atoms with Crippen LogP contribution < -0.4 is 5.73 Å². The summed E-state index contributed by atoms with van der Waals surface area (Å²) < 4.78 is 4.93. The van der Waals surface area contributed by atoms with Crippen LogP contribution in [0.25, 0.3) is 0 Å². The van der Waals surface area contributed by atoms with Gasteiger partial charge in [0.1, 0.15) is 6.54 Å². The Morgan fingerprint density at radius 2 is 2.10 bits per heavy atom. The Morgan fingerprint density at radius 3 is 2.70 bits per heavy atom. The minimum absolute atomic E-state index is 0.00920. The van der Waals surface area contributed by atoms with E-state index in [-0.39, 0.29) is 24.5 Å². The summed E-state index contributed by atoms with van der Waals surface area (Å²) in [4.78, 5) is 25.8.